The van der Waals surface area contributed by atoms with Crippen molar-refractivity contribution in [1.82, 2.24) is 10.8 Å². The molecule has 0 aromatic heterocycles. The second-order valence-corrected chi connectivity index (χ2v) is 5.34. The highest BCUT2D eigenvalue weighted by molar-refractivity contribution is 5.77. The van der Waals surface area contributed by atoms with Gasteiger partial charge in [0.2, 0.25) is 0 Å². The summed E-state index contributed by atoms with van der Waals surface area (Å²) in [4.78, 5) is 16.4. The third-order valence-corrected chi connectivity index (χ3v) is 1.25. The number of amides is 1. The van der Waals surface area contributed by atoms with Crippen molar-refractivity contribution in [2.24, 2.45) is 0 Å². The molecular formula is C10H22N2O2. The van der Waals surface area contributed by atoms with E-state index < -0.39 is 0 Å². The highest BCUT2D eigenvalue weighted by Crippen LogP contribution is 2.03. The van der Waals surface area contributed by atoms with E-state index >= 15 is 0 Å². The predicted molar refractivity (Wildman–Crippen MR) is 56.7 cm³/mol. The van der Waals surface area contributed by atoms with Gasteiger partial charge in [-0.25, -0.2) is 5.48 Å². The topological polar surface area (TPSA) is 50.4 Å². The number of carbonyl (C=O) groups excluding carboxylic acids is 1. The molecule has 0 rings (SSSR count). The monoisotopic (exact) mass is 202 g/mol. The van der Waals surface area contributed by atoms with E-state index in [1.807, 2.05) is 41.5 Å². The number of hydrogen-bond acceptors (Lipinski definition) is 3. The van der Waals surface area contributed by atoms with Gasteiger partial charge in [0.05, 0.1) is 12.1 Å². The Hall–Kier alpha value is -0.610. The summed E-state index contributed by atoms with van der Waals surface area (Å²) in [6.45, 7) is 11.9. The lowest BCUT2D eigenvalue weighted by Crippen LogP contribution is -2.44. The minimum Gasteiger partial charge on any atom is -0.304 e. The molecule has 4 heteroatoms. The van der Waals surface area contributed by atoms with Crippen molar-refractivity contribution < 1.29 is 9.63 Å². The normalized spacial score (nSPS) is 12.7. The maximum atomic E-state index is 11.2. The van der Waals surface area contributed by atoms with Gasteiger partial charge in [-0.2, -0.15) is 0 Å². The third kappa shape index (κ3) is 9.48. The predicted octanol–water partition coefficient (Wildman–Crippen LogP) is 1.22. The summed E-state index contributed by atoms with van der Waals surface area (Å²) in [6, 6.07) is 0. The number of hydrogen-bond donors (Lipinski definition) is 2. The molecule has 0 atom stereocenters. The molecule has 1 amide bonds. The average molecular weight is 202 g/mol. The van der Waals surface area contributed by atoms with Crippen molar-refractivity contribution in [3.05, 3.63) is 0 Å². The molecule has 0 aliphatic rings. The fraction of sp³-hybridized carbons (Fsp3) is 0.900. The Morgan fingerprint density at radius 1 is 1.14 bits per heavy atom. The lowest BCUT2D eigenvalue weighted by atomic mass is 10.1. The second kappa shape index (κ2) is 4.75. The van der Waals surface area contributed by atoms with E-state index in [1.54, 1.807) is 0 Å². The van der Waals surface area contributed by atoms with Crippen LogP contribution in [0.25, 0.3) is 0 Å². The molecule has 0 aromatic carbocycles. The SMILES string of the molecule is CC(C)(C)NCC(=O)NOC(C)(C)C. The van der Waals surface area contributed by atoms with Gasteiger partial charge in [-0.3, -0.25) is 9.63 Å². The molecule has 0 saturated carbocycles. The van der Waals surface area contributed by atoms with E-state index in [0.29, 0.717) is 0 Å². The molecule has 4 nitrogen and oxygen atoms in total. The van der Waals surface area contributed by atoms with Crippen LogP contribution in [0.5, 0.6) is 0 Å². The first kappa shape index (κ1) is 13.4. The van der Waals surface area contributed by atoms with E-state index in [2.05, 4.69) is 10.8 Å². The van der Waals surface area contributed by atoms with Gasteiger partial charge in [0.15, 0.2) is 0 Å². The average Bonchev–Trinajstić information content (AvgIpc) is 1.94. The summed E-state index contributed by atoms with van der Waals surface area (Å²) in [7, 11) is 0. The Labute approximate surface area is 86.4 Å². The number of rotatable bonds is 3. The molecule has 0 aliphatic heterocycles. The Balaban J connectivity index is 3.68. The number of nitrogens with one attached hydrogen (secondary N) is 2. The maximum Gasteiger partial charge on any atom is 0.257 e. The molecule has 2 N–H and O–H groups in total. The molecule has 0 fully saturated rings. The highest BCUT2D eigenvalue weighted by Gasteiger charge is 2.14. The van der Waals surface area contributed by atoms with Crippen LogP contribution in [0.3, 0.4) is 0 Å². The molecule has 0 unspecified atom stereocenters. The van der Waals surface area contributed by atoms with Crippen LogP contribution in [-0.2, 0) is 9.63 Å². The van der Waals surface area contributed by atoms with Crippen LogP contribution in [0.15, 0.2) is 0 Å². The standard InChI is InChI=1S/C10H22N2O2/c1-9(2,3)11-7-8(13)12-14-10(4,5)6/h11H,7H2,1-6H3,(H,12,13). The van der Waals surface area contributed by atoms with Crippen molar-refractivity contribution in [2.45, 2.75) is 52.7 Å². The number of hydroxylamine groups is 1. The summed E-state index contributed by atoms with van der Waals surface area (Å²) in [5.74, 6) is -0.158. The van der Waals surface area contributed by atoms with Crippen LogP contribution in [0.4, 0.5) is 0 Å². The lowest BCUT2D eigenvalue weighted by molar-refractivity contribution is -0.144. The van der Waals surface area contributed by atoms with Crippen molar-refractivity contribution in [3.8, 4) is 0 Å². The van der Waals surface area contributed by atoms with Crippen molar-refractivity contribution >= 4 is 5.91 Å². The van der Waals surface area contributed by atoms with Gasteiger partial charge in [0.25, 0.3) is 5.91 Å². The third-order valence-electron chi connectivity index (χ3n) is 1.25. The van der Waals surface area contributed by atoms with Crippen LogP contribution in [-0.4, -0.2) is 23.6 Å². The smallest absolute Gasteiger partial charge is 0.257 e. The van der Waals surface area contributed by atoms with E-state index in [-0.39, 0.29) is 23.6 Å². The molecular weight excluding hydrogens is 180 g/mol. The zero-order valence-electron chi connectivity index (χ0n) is 10.0. The van der Waals surface area contributed by atoms with Gasteiger partial charge in [0, 0.05) is 5.54 Å². The summed E-state index contributed by atoms with van der Waals surface area (Å²) in [5, 5.41) is 3.07. The molecule has 0 aromatic rings. The van der Waals surface area contributed by atoms with Gasteiger partial charge < -0.3 is 5.32 Å². The maximum absolute atomic E-state index is 11.2. The molecule has 14 heavy (non-hydrogen) atoms. The minimum absolute atomic E-state index is 0.0565. The highest BCUT2D eigenvalue weighted by atomic mass is 16.7. The summed E-state index contributed by atoms with van der Waals surface area (Å²) >= 11 is 0. The van der Waals surface area contributed by atoms with E-state index in [9.17, 15) is 4.79 Å². The Morgan fingerprint density at radius 3 is 2.00 bits per heavy atom. The van der Waals surface area contributed by atoms with Crippen LogP contribution in [0.2, 0.25) is 0 Å². The van der Waals surface area contributed by atoms with E-state index in [0.717, 1.165) is 0 Å². The van der Waals surface area contributed by atoms with Crippen molar-refractivity contribution in [3.63, 3.8) is 0 Å². The van der Waals surface area contributed by atoms with Gasteiger partial charge in [-0.05, 0) is 41.5 Å². The summed E-state index contributed by atoms with van der Waals surface area (Å²) < 4.78 is 0. The lowest BCUT2D eigenvalue weighted by Gasteiger charge is -2.22. The van der Waals surface area contributed by atoms with Gasteiger partial charge in [0.1, 0.15) is 0 Å². The minimum atomic E-state index is -0.350. The Morgan fingerprint density at radius 2 is 1.64 bits per heavy atom. The second-order valence-electron chi connectivity index (χ2n) is 5.34. The summed E-state index contributed by atoms with van der Waals surface area (Å²) in [5.41, 5.74) is 1.99. The molecule has 0 bridgehead atoms. The first-order valence-corrected chi connectivity index (χ1v) is 4.82. The fourth-order valence-electron chi connectivity index (χ4n) is 0.592. The van der Waals surface area contributed by atoms with E-state index in [4.69, 9.17) is 4.84 Å². The van der Waals surface area contributed by atoms with Gasteiger partial charge >= 0.3 is 0 Å². The zero-order valence-corrected chi connectivity index (χ0v) is 10.0. The molecule has 0 aliphatic carbocycles. The summed E-state index contributed by atoms with van der Waals surface area (Å²) in [6.07, 6.45) is 0. The van der Waals surface area contributed by atoms with Crippen LogP contribution in [0.1, 0.15) is 41.5 Å². The van der Waals surface area contributed by atoms with Crippen molar-refractivity contribution in [1.29, 1.82) is 0 Å². The van der Waals surface area contributed by atoms with Crippen LogP contribution < -0.4 is 10.8 Å². The molecule has 0 radical (unpaired) electrons. The fourth-order valence-corrected chi connectivity index (χ4v) is 0.592. The van der Waals surface area contributed by atoms with Gasteiger partial charge in [-0.1, -0.05) is 0 Å². The van der Waals surface area contributed by atoms with Crippen LogP contribution in [0, 0.1) is 0 Å². The molecule has 0 saturated heterocycles. The largest absolute Gasteiger partial charge is 0.304 e. The first-order chi connectivity index (χ1) is 6.10. The van der Waals surface area contributed by atoms with Crippen LogP contribution >= 0.6 is 0 Å². The van der Waals surface area contributed by atoms with Crippen molar-refractivity contribution in [2.75, 3.05) is 6.54 Å². The first-order valence-electron chi connectivity index (χ1n) is 4.82. The quantitative estimate of drug-likeness (QED) is 0.677. The molecule has 0 heterocycles. The number of carbonyl (C=O) groups is 1. The zero-order chi connectivity index (χ0) is 11.4. The van der Waals surface area contributed by atoms with E-state index in [1.165, 1.54) is 0 Å². The van der Waals surface area contributed by atoms with Gasteiger partial charge in [-0.15, -0.1) is 0 Å². The Bertz CT molecular complexity index is 169. The Kier molecular flexibility index (Phi) is 4.55. The molecule has 84 valence electrons. The molecule has 0 spiro atoms.